The van der Waals surface area contributed by atoms with Crippen LogP contribution >= 0.6 is 0 Å². The first-order chi connectivity index (χ1) is 11.1. The van der Waals surface area contributed by atoms with Crippen LogP contribution in [-0.2, 0) is 16.1 Å². The lowest BCUT2D eigenvalue weighted by atomic mass is 10.1. The van der Waals surface area contributed by atoms with E-state index in [1.165, 1.54) is 7.11 Å². The van der Waals surface area contributed by atoms with Crippen molar-refractivity contribution in [1.82, 2.24) is 9.88 Å². The number of aryl methyl sites for hydroxylation is 1. The Morgan fingerprint density at radius 1 is 1.13 bits per heavy atom. The Balaban J connectivity index is 2.20. The zero-order valence-electron chi connectivity index (χ0n) is 13.4. The van der Waals surface area contributed by atoms with E-state index in [1.54, 1.807) is 17.2 Å². The van der Waals surface area contributed by atoms with Gasteiger partial charge in [0, 0.05) is 18.3 Å². The number of amides is 1. The number of benzene rings is 1. The number of rotatable bonds is 6. The summed E-state index contributed by atoms with van der Waals surface area (Å²) in [4.78, 5) is 30.1. The number of carbonyl (C=O) groups excluding carboxylic acids is 2. The van der Waals surface area contributed by atoms with Crippen molar-refractivity contribution < 1.29 is 14.3 Å². The van der Waals surface area contributed by atoms with Crippen LogP contribution in [0.25, 0.3) is 0 Å². The SMILES string of the molecule is COC(=O)CCN(Cc1ccccn1)C(=O)c1ccccc1C. The van der Waals surface area contributed by atoms with Gasteiger partial charge in [0.1, 0.15) is 0 Å². The second kappa shape index (κ2) is 8.08. The van der Waals surface area contributed by atoms with Gasteiger partial charge in [-0.15, -0.1) is 0 Å². The monoisotopic (exact) mass is 312 g/mol. The second-order valence-electron chi connectivity index (χ2n) is 5.19. The molecule has 0 radical (unpaired) electrons. The van der Waals surface area contributed by atoms with Crippen molar-refractivity contribution in [1.29, 1.82) is 0 Å². The molecule has 0 atom stereocenters. The third-order valence-electron chi connectivity index (χ3n) is 3.56. The van der Waals surface area contributed by atoms with E-state index in [0.717, 1.165) is 11.3 Å². The summed E-state index contributed by atoms with van der Waals surface area (Å²) < 4.78 is 4.67. The number of pyridine rings is 1. The highest BCUT2D eigenvalue weighted by molar-refractivity contribution is 5.95. The van der Waals surface area contributed by atoms with Crippen LogP contribution in [0, 0.1) is 6.92 Å². The predicted octanol–water partition coefficient (Wildman–Crippen LogP) is 2.60. The molecule has 0 aliphatic rings. The number of aromatic nitrogens is 1. The molecule has 0 saturated heterocycles. The molecular formula is C18H20N2O3. The van der Waals surface area contributed by atoms with Gasteiger partial charge in [-0.05, 0) is 30.7 Å². The van der Waals surface area contributed by atoms with E-state index in [-0.39, 0.29) is 24.8 Å². The summed E-state index contributed by atoms with van der Waals surface area (Å²) in [7, 11) is 1.34. The number of ether oxygens (including phenoxy) is 1. The number of methoxy groups -OCH3 is 1. The fraction of sp³-hybridized carbons (Fsp3) is 0.278. The molecule has 0 bridgehead atoms. The van der Waals surface area contributed by atoms with Crippen molar-refractivity contribution in [3.63, 3.8) is 0 Å². The molecule has 1 amide bonds. The highest BCUT2D eigenvalue weighted by Crippen LogP contribution is 2.13. The van der Waals surface area contributed by atoms with Crippen molar-refractivity contribution in [3.05, 3.63) is 65.5 Å². The summed E-state index contributed by atoms with van der Waals surface area (Å²) in [5, 5.41) is 0. The van der Waals surface area contributed by atoms with E-state index in [4.69, 9.17) is 0 Å². The molecule has 0 saturated carbocycles. The predicted molar refractivity (Wildman–Crippen MR) is 86.8 cm³/mol. The van der Waals surface area contributed by atoms with Crippen molar-refractivity contribution in [3.8, 4) is 0 Å². The maximum absolute atomic E-state index is 12.8. The normalized spacial score (nSPS) is 10.2. The van der Waals surface area contributed by atoms with Gasteiger partial charge in [-0.1, -0.05) is 24.3 Å². The summed E-state index contributed by atoms with van der Waals surface area (Å²) in [5.74, 6) is -0.453. The Morgan fingerprint density at radius 2 is 1.87 bits per heavy atom. The van der Waals surface area contributed by atoms with Gasteiger partial charge in [0.15, 0.2) is 0 Å². The highest BCUT2D eigenvalue weighted by atomic mass is 16.5. The summed E-state index contributed by atoms with van der Waals surface area (Å²) in [6.45, 7) is 2.54. The smallest absolute Gasteiger partial charge is 0.307 e. The van der Waals surface area contributed by atoms with Gasteiger partial charge in [0.05, 0.1) is 25.8 Å². The minimum atomic E-state index is -0.339. The molecule has 0 aliphatic heterocycles. The first kappa shape index (κ1) is 16.7. The summed E-state index contributed by atoms with van der Waals surface area (Å²) in [6, 6.07) is 13.0. The molecule has 0 fully saturated rings. The Morgan fingerprint density at radius 3 is 2.52 bits per heavy atom. The van der Waals surface area contributed by atoms with E-state index in [0.29, 0.717) is 12.1 Å². The van der Waals surface area contributed by atoms with Gasteiger partial charge in [-0.2, -0.15) is 0 Å². The molecule has 120 valence electrons. The average Bonchev–Trinajstić information content (AvgIpc) is 2.59. The molecule has 5 nitrogen and oxygen atoms in total. The van der Waals surface area contributed by atoms with E-state index < -0.39 is 0 Å². The van der Waals surface area contributed by atoms with Crippen LogP contribution in [0.15, 0.2) is 48.7 Å². The van der Waals surface area contributed by atoms with Gasteiger partial charge in [0.2, 0.25) is 0 Å². The molecule has 0 aliphatic carbocycles. The number of carbonyl (C=O) groups is 2. The van der Waals surface area contributed by atoms with Crippen LogP contribution in [0.5, 0.6) is 0 Å². The molecule has 2 aromatic rings. The Labute approximate surface area is 135 Å². The third kappa shape index (κ3) is 4.64. The van der Waals surface area contributed by atoms with Gasteiger partial charge < -0.3 is 9.64 Å². The molecule has 0 N–H and O–H groups in total. The van der Waals surface area contributed by atoms with Crippen molar-refractivity contribution >= 4 is 11.9 Å². The quantitative estimate of drug-likeness (QED) is 0.769. The highest BCUT2D eigenvalue weighted by Gasteiger charge is 2.19. The molecule has 1 aromatic heterocycles. The standard InChI is InChI=1S/C18H20N2O3/c1-14-7-3-4-9-16(14)18(22)20(12-10-17(21)23-2)13-15-8-5-6-11-19-15/h3-9,11H,10,12-13H2,1-2H3. The second-order valence-corrected chi connectivity index (χ2v) is 5.19. The molecule has 1 heterocycles. The van der Waals surface area contributed by atoms with Crippen LogP contribution in [0.2, 0.25) is 0 Å². The van der Waals surface area contributed by atoms with E-state index in [1.807, 2.05) is 43.3 Å². The van der Waals surface area contributed by atoms with Crippen molar-refractivity contribution in [2.75, 3.05) is 13.7 Å². The average molecular weight is 312 g/mol. The van der Waals surface area contributed by atoms with Gasteiger partial charge in [0.25, 0.3) is 5.91 Å². The van der Waals surface area contributed by atoms with Crippen LogP contribution < -0.4 is 0 Å². The van der Waals surface area contributed by atoms with Gasteiger partial charge in [-0.25, -0.2) is 0 Å². The molecular weight excluding hydrogens is 292 g/mol. The zero-order chi connectivity index (χ0) is 16.7. The molecule has 23 heavy (non-hydrogen) atoms. The Kier molecular flexibility index (Phi) is 5.86. The maximum atomic E-state index is 12.8. The molecule has 5 heteroatoms. The fourth-order valence-electron chi connectivity index (χ4n) is 2.25. The van der Waals surface area contributed by atoms with Crippen LogP contribution in [0.1, 0.15) is 28.0 Å². The third-order valence-corrected chi connectivity index (χ3v) is 3.56. The molecule has 0 unspecified atom stereocenters. The Hall–Kier alpha value is -2.69. The van der Waals surface area contributed by atoms with Crippen LogP contribution in [-0.4, -0.2) is 35.4 Å². The summed E-state index contributed by atoms with van der Waals surface area (Å²) >= 11 is 0. The lowest BCUT2D eigenvalue weighted by Crippen LogP contribution is -2.33. The lowest BCUT2D eigenvalue weighted by molar-refractivity contribution is -0.140. The minimum absolute atomic E-state index is 0.113. The first-order valence-corrected chi connectivity index (χ1v) is 7.43. The largest absolute Gasteiger partial charge is 0.469 e. The molecule has 1 aromatic carbocycles. The molecule has 2 rings (SSSR count). The maximum Gasteiger partial charge on any atom is 0.307 e. The Bertz CT molecular complexity index is 671. The lowest BCUT2D eigenvalue weighted by Gasteiger charge is -2.23. The van der Waals surface area contributed by atoms with Gasteiger partial charge >= 0.3 is 5.97 Å². The number of hydrogen-bond donors (Lipinski definition) is 0. The van der Waals surface area contributed by atoms with Crippen molar-refractivity contribution in [2.45, 2.75) is 19.9 Å². The number of hydrogen-bond acceptors (Lipinski definition) is 4. The number of nitrogens with zero attached hydrogens (tertiary/aromatic N) is 2. The molecule has 0 spiro atoms. The topological polar surface area (TPSA) is 59.5 Å². The van der Waals surface area contributed by atoms with Crippen LogP contribution in [0.4, 0.5) is 0 Å². The van der Waals surface area contributed by atoms with Gasteiger partial charge in [-0.3, -0.25) is 14.6 Å². The first-order valence-electron chi connectivity index (χ1n) is 7.43. The van der Waals surface area contributed by atoms with E-state index in [2.05, 4.69) is 9.72 Å². The van der Waals surface area contributed by atoms with E-state index >= 15 is 0 Å². The van der Waals surface area contributed by atoms with Crippen molar-refractivity contribution in [2.24, 2.45) is 0 Å². The summed E-state index contributed by atoms with van der Waals surface area (Å²) in [6.07, 6.45) is 1.84. The zero-order valence-corrected chi connectivity index (χ0v) is 13.4. The number of esters is 1. The summed E-state index contributed by atoms with van der Waals surface area (Å²) in [5.41, 5.74) is 2.31. The van der Waals surface area contributed by atoms with E-state index in [9.17, 15) is 9.59 Å². The van der Waals surface area contributed by atoms with Crippen LogP contribution in [0.3, 0.4) is 0 Å². The minimum Gasteiger partial charge on any atom is -0.469 e. The fourth-order valence-corrected chi connectivity index (χ4v) is 2.25.